The summed E-state index contributed by atoms with van der Waals surface area (Å²) in [5.41, 5.74) is 0.802. The first-order valence-corrected chi connectivity index (χ1v) is 5.53. The highest BCUT2D eigenvalue weighted by Gasteiger charge is 2.05. The number of rotatable bonds is 2. The molecule has 5 heteroatoms. The molecule has 0 amide bonds. The van der Waals surface area contributed by atoms with Gasteiger partial charge in [-0.25, -0.2) is 9.38 Å². The molecule has 0 N–H and O–H groups in total. The molecule has 0 bridgehead atoms. The summed E-state index contributed by atoms with van der Waals surface area (Å²) in [6, 6.07) is 6.34. The summed E-state index contributed by atoms with van der Waals surface area (Å²) in [5.74, 6) is 0.307. The minimum Gasteiger partial charge on any atom is -0.349 e. The lowest BCUT2D eigenvalue weighted by Gasteiger charge is -2.22. The largest absolute Gasteiger partial charge is 0.349 e. The lowest BCUT2D eigenvalue weighted by molar-refractivity contribution is 0.479. The Hall–Kier alpha value is -2.09. The molecule has 0 aliphatic rings. The van der Waals surface area contributed by atoms with Crippen LogP contribution >= 0.6 is 0 Å². The van der Waals surface area contributed by atoms with Crippen molar-refractivity contribution in [3.05, 3.63) is 35.1 Å². The van der Waals surface area contributed by atoms with Crippen molar-refractivity contribution < 1.29 is 4.39 Å². The Balaban J connectivity index is 2.89. The molecule has 1 aromatic carbocycles. The lowest BCUT2D eigenvalue weighted by atomic mass is 10.1. The van der Waals surface area contributed by atoms with E-state index in [1.807, 2.05) is 38.0 Å². The van der Waals surface area contributed by atoms with Crippen molar-refractivity contribution in [2.75, 3.05) is 28.2 Å². The first-order valence-electron chi connectivity index (χ1n) is 5.53. The summed E-state index contributed by atoms with van der Waals surface area (Å²) in [7, 11) is 7.60. The minimum atomic E-state index is -0.499. The monoisotopic (exact) mass is 248 g/mol. The fourth-order valence-corrected chi connectivity index (χ4v) is 1.59. The standard InChI is InChI=1S/C13H17FN4/c1-17(2)13(18(3)4)16-9-10-5-6-11(8-15)12(14)7-10/h5-7H,9H2,1-4H3. The minimum absolute atomic E-state index is 0.0585. The van der Waals surface area contributed by atoms with Gasteiger partial charge in [0.1, 0.15) is 11.9 Å². The predicted octanol–water partition coefficient (Wildman–Crippen LogP) is 1.68. The van der Waals surface area contributed by atoms with E-state index in [0.717, 1.165) is 11.5 Å². The van der Waals surface area contributed by atoms with Crippen molar-refractivity contribution in [3.63, 3.8) is 0 Å². The van der Waals surface area contributed by atoms with Crippen molar-refractivity contribution in [2.45, 2.75) is 6.54 Å². The average molecular weight is 248 g/mol. The molecule has 0 aromatic heterocycles. The summed E-state index contributed by atoms with van der Waals surface area (Å²) < 4.78 is 13.4. The van der Waals surface area contributed by atoms with E-state index in [2.05, 4.69) is 4.99 Å². The number of aliphatic imine (C=N–C) groups is 1. The smallest absolute Gasteiger partial charge is 0.195 e. The van der Waals surface area contributed by atoms with Gasteiger partial charge in [-0.3, -0.25) is 0 Å². The maximum absolute atomic E-state index is 13.4. The van der Waals surface area contributed by atoms with Crippen LogP contribution in [0.4, 0.5) is 4.39 Å². The molecule has 1 aromatic rings. The number of hydrogen-bond donors (Lipinski definition) is 0. The van der Waals surface area contributed by atoms with E-state index < -0.39 is 5.82 Å². The molecule has 0 aliphatic heterocycles. The second-order valence-corrected chi connectivity index (χ2v) is 4.33. The van der Waals surface area contributed by atoms with Crippen molar-refractivity contribution in [1.82, 2.24) is 9.80 Å². The van der Waals surface area contributed by atoms with Gasteiger partial charge in [-0.15, -0.1) is 0 Å². The number of nitriles is 1. The second-order valence-electron chi connectivity index (χ2n) is 4.33. The molecule has 18 heavy (non-hydrogen) atoms. The highest BCUT2D eigenvalue weighted by atomic mass is 19.1. The number of guanidine groups is 1. The molecule has 0 unspecified atom stereocenters. The molecule has 0 fully saturated rings. The van der Waals surface area contributed by atoms with E-state index in [1.54, 1.807) is 12.1 Å². The molecule has 4 nitrogen and oxygen atoms in total. The van der Waals surface area contributed by atoms with E-state index in [4.69, 9.17) is 5.26 Å². The van der Waals surface area contributed by atoms with E-state index in [-0.39, 0.29) is 5.56 Å². The van der Waals surface area contributed by atoms with Gasteiger partial charge in [0.25, 0.3) is 0 Å². The van der Waals surface area contributed by atoms with Gasteiger partial charge >= 0.3 is 0 Å². The van der Waals surface area contributed by atoms with Gasteiger partial charge in [-0.1, -0.05) is 6.07 Å². The zero-order valence-electron chi connectivity index (χ0n) is 11.1. The molecule has 1 rings (SSSR count). The highest BCUT2D eigenvalue weighted by Crippen LogP contribution is 2.10. The average Bonchev–Trinajstić information content (AvgIpc) is 2.28. The number of nitrogens with zero attached hydrogens (tertiary/aromatic N) is 4. The van der Waals surface area contributed by atoms with E-state index >= 15 is 0 Å². The fraction of sp³-hybridized carbons (Fsp3) is 0.385. The molecule has 0 aliphatic carbocycles. The van der Waals surface area contributed by atoms with Crippen molar-refractivity contribution in [1.29, 1.82) is 5.26 Å². The van der Waals surface area contributed by atoms with Crippen molar-refractivity contribution in [2.24, 2.45) is 4.99 Å². The summed E-state index contributed by atoms with van der Waals surface area (Å²) in [4.78, 5) is 8.19. The van der Waals surface area contributed by atoms with E-state index in [0.29, 0.717) is 6.54 Å². The second kappa shape index (κ2) is 6.01. The van der Waals surface area contributed by atoms with Gasteiger partial charge in [-0.05, 0) is 17.7 Å². The Morgan fingerprint density at radius 1 is 1.28 bits per heavy atom. The fourth-order valence-electron chi connectivity index (χ4n) is 1.59. The van der Waals surface area contributed by atoms with Gasteiger partial charge in [0, 0.05) is 28.2 Å². The maximum atomic E-state index is 13.4. The third-order valence-corrected chi connectivity index (χ3v) is 2.36. The predicted molar refractivity (Wildman–Crippen MR) is 69.6 cm³/mol. The summed E-state index contributed by atoms with van der Waals surface area (Å²) >= 11 is 0. The van der Waals surface area contributed by atoms with Crippen LogP contribution in [0.1, 0.15) is 11.1 Å². The molecular formula is C13H17FN4. The summed E-state index contributed by atoms with van der Waals surface area (Å²) in [6.45, 7) is 0.383. The van der Waals surface area contributed by atoms with Gasteiger partial charge in [0.15, 0.2) is 5.96 Å². The Bertz CT molecular complexity index is 476. The highest BCUT2D eigenvalue weighted by molar-refractivity contribution is 5.79. The van der Waals surface area contributed by atoms with Crippen molar-refractivity contribution in [3.8, 4) is 6.07 Å². The molecule has 0 saturated heterocycles. The third kappa shape index (κ3) is 3.45. The maximum Gasteiger partial charge on any atom is 0.195 e. The lowest BCUT2D eigenvalue weighted by Crippen LogP contribution is -2.35. The Kier molecular flexibility index (Phi) is 4.67. The quantitative estimate of drug-likeness (QED) is 0.590. The normalized spacial score (nSPS) is 9.56. The van der Waals surface area contributed by atoms with E-state index in [9.17, 15) is 4.39 Å². The van der Waals surface area contributed by atoms with Crippen LogP contribution in [0.15, 0.2) is 23.2 Å². The molecule has 0 atom stereocenters. The molecule has 0 saturated carbocycles. The van der Waals surface area contributed by atoms with Crippen LogP contribution in [-0.4, -0.2) is 44.0 Å². The third-order valence-electron chi connectivity index (χ3n) is 2.36. The van der Waals surface area contributed by atoms with E-state index in [1.165, 1.54) is 12.1 Å². The number of halogens is 1. The Morgan fingerprint density at radius 2 is 1.89 bits per heavy atom. The topological polar surface area (TPSA) is 42.6 Å². The first kappa shape index (κ1) is 14.0. The van der Waals surface area contributed by atoms with Crippen LogP contribution in [0, 0.1) is 17.1 Å². The van der Waals surface area contributed by atoms with Crippen LogP contribution in [0.25, 0.3) is 0 Å². The molecule has 0 heterocycles. The molecule has 0 spiro atoms. The number of hydrogen-bond acceptors (Lipinski definition) is 2. The van der Waals surface area contributed by atoms with Crippen LogP contribution in [-0.2, 0) is 6.54 Å². The Morgan fingerprint density at radius 3 is 2.33 bits per heavy atom. The number of benzene rings is 1. The zero-order chi connectivity index (χ0) is 13.7. The van der Waals surface area contributed by atoms with Crippen LogP contribution in [0.5, 0.6) is 0 Å². The van der Waals surface area contributed by atoms with Gasteiger partial charge in [0.2, 0.25) is 0 Å². The summed E-state index contributed by atoms with van der Waals surface area (Å²) in [6.07, 6.45) is 0. The van der Waals surface area contributed by atoms with Crippen molar-refractivity contribution >= 4 is 5.96 Å². The molecular weight excluding hydrogens is 231 g/mol. The SMILES string of the molecule is CN(C)C(=NCc1ccc(C#N)c(F)c1)N(C)C. The van der Waals surface area contributed by atoms with Crippen LogP contribution in [0.3, 0.4) is 0 Å². The Labute approximate surface area is 107 Å². The van der Waals surface area contributed by atoms with Crippen LogP contribution in [0.2, 0.25) is 0 Å². The van der Waals surface area contributed by atoms with Gasteiger partial charge in [0.05, 0.1) is 12.1 Å². The first-order chi connectivity index (χ1) is 8.45. The van der Waals surface area contributed by atoms with Gasteiger partial charge < -0.3 is 9.80 Å². The summed E-state index contributed by atoms with van der Waals surface area (Å²) in [5, 5.41) is 8.64. The van der Waals surface area contributed by atoms with Crippen LogP contribution < -0.4 is 0 Å². The molecule has 96 valence electrons. The molecule has 0 radical (unpaired) electrons. The zero-order valence-corrected chi connectivity index (χ0v) is 11.1. The van der Waals surface area contributed by atoms with Gasteiger partial charge in [-0.2, -0.15) is 5.26 Å².